The summed E-state index contributed by atoms with van der Waals surface area (Å²) in [6.07, 6.45) is 6.01. The van der Waals surface area contributed by atoms with Gasteiger partial charge in [-0.15, -0.1) is 10.2 Å². The van der Waals surface area contributed by atoms with Crippen LogP contribution >= 0.6 is 11.8 Å². The molecule has 0 radical (unpaired) electrons. The van der Waals surface area contributed by atoms with E-state index in [-0.39, 0.29) is 5.91 Å². The van der Waals surface area contributed by atoms with E-state index in [1.165, 1.54) is 36.6 Å². The maximum atomic E-state index is 12.6. The van der Waals surface area contributed by atoms with Crippen molar-refractivity contribution < 1.29 is 4.79 Å². The molecular formula is C19H26N4OS. The lowest BCUT2D eigenvalue weighted by Crippen LogP contribution is -2.35. The van der Waals surface area contributed by atoms with Gasteiger partial charge in [0.1, 0.15) is 5.82 Å². The molecule has 0 aliphatic carbocycles. The van der Waals surface area contributed by atoms with Crippen molar-refractivity contribution in [3.05, 3.63) is 35.7 Å². The van der Waals surface area contributed by atoms with Gasteiger partial charge in [0.15, 0.2) is 5.16 Å². The second kappa shape index (κ2) is 8.52. The van der Waals surface area contributed by atoms with Crippen LogP contribution < -0.4 is 0 Å². The zero-order chi connectivity index (χ0) is 17.6. The number of aryl methyl sites for hydroxylation is 2. The summed E-state index contributed by atoms with van der Waals surface area (Å²) in [6.45, 7) is 5.81. The van der Waals surface area contributed by atoms with Crippen molar-refractivity contribution in [1.29, 1.82) is 0 Å². The van der Waals surface area contributed by atoms with Crippen LogP contribution in [-0.4, -0.2) is 44.4 Å². The van der Waals surface area contributed by atoms with E-state index in [1.54, 1.807) is 0 Å². The van der Waals surface area contributed by atoms with Crippen molar-refractivity contribution in [3.63, 3.8) is 0 Å². The van der Waals surface area contributed by atoms with Crippen molar-refractivity contribution in [2.75, 3.05) is 18.8 Å². The van der Waals surface area contributed by atoms with Gasteiger partial charge < -0.3 is 4.90 Å². The number of benzene rings is 1. The first-order valence-corrected chi connectivity index (χ1v) is 10.0. The minimum atomic E-state index is 0.212. The summed E-state index contributed by atoms with van der Waals surface area (Å²) in [7, 11) is 0. The monoisotopic (exact) mass is 358 g/mol. The highest BCUT2D eigenvalue weighted by atomic mass is 32.2. The third-order valence-electron chi connectivity index (χ3n) is 4.69. The first kappa shape index (κ1) is 18.0. The average molecular weight is 359 g/mol. The number of amides is 1. The van der Waals surface area contributed by atoms with Gasteiger partial charge in [0.05, 0.1) is 11.4 Å². The fourth-order valence-corrected chi connectivity index (χ4v) is 4.14. The minimum absolute atomic E-state index is 0.212. The van der Waals surface area contributed by atoms with Gasteiger partial charge in [-0.05, 0) is 38.3 Å². The Morgan fingerprint density at radius 3 is 2.44 bits per heavy atom. The number of carbonyl (C=O) groups excluding carboxylic acids is 1. The standard InChI is InChI=1S/C19H26N4OS/c1-15-10-6-7-11-17(15)23-16(2)20-21-19(23)25-14-18(24)22-12-8-4-3-5-9-13-22/h6-7,10-11H,3-5,8-9,12-14H2,1-2H3. The van der Waals surface area contributed by atoms with Gasteiger partial charge in [-0.2, -0.15) is 0 Å². The molecule has 5 nitrogen and oxygen atoms in total. The number of likely N-dealkylation sites (tertiary alicyclic amines) is 1. The van der Waals surface area contributed by atoms with Crippen LogP contribution in [0.3, 0.4) is 0 Å². The average Bonchev–Trinajstić information content (AvgIpc) is 2.93. The molecule has 2 heterocycles. The van der Waals surface area contributed by atoms with E-state index >= 15 is 0 Å². The summed E-state index contributed by atoms with van der Waals surface area (Å²) in [6, 6.07) is 8.18. The van der Waals surface area contributed by atoms with Gasteiger partial charge in [-0.1, -0.05) is 49.2 Å². The van der Waals surface area contributed by atoms with Crippen LogP contribution in [0.2, 0.25) is 0 Å². The number of nitrogens with zero attached hydrogens (tertiary/aromatic N) is 4. The molecule has 0 N–H and O–H groups in total. The zero-order valence-corrected chi connectivity index (χ0v) is 15.9. The number of hydrogen-bond acceptors (Lipinski definition) is 4. The van der Waals surface area contributed by atoms with E-state index in [2.05, 4.69) is 29.3 Å². The summed E-state index contributed by atoms with van der Waals surface area (Å²) in [5.41, 5.74) is 2.24. The molecule has 0 spiro atoms. The maximum Gasteiger partial charge on any atom is 0.233 e. The molecule has 3 rings (SSSR count). The van der Waals surface area contributed by atoms with Gasteiger partial charge in [0.25, 0.3) is 0 Å². The quantitative estimate of drug-likeness (QED) is 0.781. The van der Waals surface area contributed by atoms with Gasteiger partial charge >= 0.3 is 0 Å². The van der Waals surface area contributed by atoms with Crippen LogP contribution in [0.15, 0.2) is 29.4 Å². The Morgan fingerprint density at radius 2 is 1.72 bits per heavy atom. The smallest absolute Gasteiger partial charge is 0.233 e. The Morgan fingerprint density at radius 1 is 1.04 bits per heavy atom. The fraction of sp³-hybridized carbons (Fsp3) is 0.526. The van der Waals surface area contributed by atoms with Gasteiger partial charge in [0.2, 0.25) is 5.91 Å². The summed E-state index contributed by atoms with van der Waals surface area (Å²) < 4.78 is 2.04. The highest BCUT2D eigenvalue weighted by Crippen LogP contribution is 2.24. The lowest BCUT2D eigenvalue weighted by Gasteiger charge is -2.24. The number of carbonyl (C=O) groups is 1. The predicted octanol–water partition coefficient (Wildman–Crippen LogP) is 3.77. The molecule has 1 aliphatic rings. The highest BCUT2D eigenvalue weighted by Gasteiger charge is 2.18. The van der Waals surface area contributed by atoms with Crippen molar-refractivity contribution in [1.82, 2.24) is 19.7 Å². The Bertz CT molecular complexity index is 720. The molecule has 0 atom stereocenters. The van der Waals surface area contributed by atoms with E-state index < -0.39 is 0 Å². The van der Waals surface area contributed by atoms with Crippen LogP contribution in [0, 0.1) is 13.8 Å². The van der Waals surface area contributed by atoms with Gasteiger partial charge in [0, 0.05) is 13.1 Å². The van der Waals surface area contributed by atoms with Crippen LogP contribution in [0.25, 0.3) is 5.69 Å². The first-order chi connectivity index (χ1) is 12.2. The topological polar surface area (TPSA) is 51.0 Å². The highest BCUT2D eigenvalue weighted by molar-refractivity contribution is 7.99. The van der Waals surface area contributed by atoms with Crippen molar-refractivity contribution in [2.24, 2.45) is 0 Å². The molecule has 0 unspecified atom stereocenters. The van der Waals surface area contributed by atoms with E-state index in [1.807, 2.05) is 28.5 Å². The van der Waals surface area contributed by atoms with Crippen molar-refractivity contribution in [2.45, 2.75) is 51.1 Å². The summed E-state index contributed by atoms with van der Waals surface area (Å²) in [4.78, 5) is 14.6. The summed E-state index contributed by atoms with van der Waals surface area (Å²) in [5.74, 6) is 1.48. The van der Waals surface area contributed by atoms with Gasteiger partial charge in [-0.3, -0.25) is 9.36 Å². The molecule has 1 fully saturated rings. The number of aromatic nitrogens is 3. The zero-order valence-electron chi connectivity index (χ0n) is 15.1. The fourth-order valence-electron chi connectivity index (χ4n) is 3.24. The molecule has 1 amide bonds. The molecule has 1 aromatic carbocycles. The molecule has 134 valence electrons. The largest absolute Gasteiger partial charge is 0.342 e. The molecule has 1 saturated heterocycles. The molecule has 1 aromatic heterocycles. The number of hydrogen-bond donors (Lipinski definition) is 0. The normalized spacial score (nSPS) is 15.7. The SMILES string of the molecule is Cc1ccccc1-n1c(C)nnc1SCC(=O)N1CCCCCCC1. The third kappa shape index (κ3) is 4.42. The molecule has 0 saturated carbocycles. The summed E-state index contributed by atoms with van der Waals surface area (Å²) in [5, 5.41) is 9.29. The first-order valence-electron chi connectivity index (χ1n) is 9.05. The van der Waals surface area contributed by atoms with E-state index in [0.717, 1.165) is 42.6 Å². The Kier molecular flexibility index (Phi) is 6.13. The maximum absolute atomic E-state index is 12.6. The molecule has 6 heteroatoms. The lowest BCUT2D eigenvalue weighted by molar-refractivity contribution is -0.128. The van der Waals surface area contributed by atoms with Gasteiger partial charge in [-0.25, -0.2) is 0 Å². The second-order valence-corrected chi connectivity index (χ2v) is 7.53. The van der Waals surface area contributed by atoms with Crippen LogP contribution in [0.5, 0.6) is 0 Å². The molecule has 0 bridgehead atoms. The molecule has 25 heavy (non-hydrogen) atoms. The van der Waals surface area contributed by atoms with Crippen LogP contribution in [0.4, 0.5) is 0 Å². The number of thioether (sulfide) groups is 1. The summed E-state index contributed by atoms with van der Waals surface area (Å²) >= 11 is 1.48. The number of rotatable bonds is 4. The lowest BCUT2D eigenvalue weighted by atomic mass is 10.1. The van der Waals surface area contributed by atoms with E-state index in [0.29, 0.717) is 5.75 Å². The minimum Gasteiger partial charge on any atom is -0.342 e. The van der Waals surface area contributed by atoms with E-state index in [4.69, 9.17) is 0 Å². The van der Waals surface area contributed by atoms with Crippen LogP contribution in [-0.2, 0) is 4.79 Å². The predicted molar refractivity (Wildman–Crippen MR) is 101 cm³/mol. The third-order valence-corrected chi connectivity index (χ3v) is 5.60. The Balaban J connectivity index is 1.69. The number of para-hydroxylation sites is 1. The molecular weight excluding hydrogens is 332 g/mol. The Hall–Kier alpha value is -1.82. The van der Waals surface area contributed by atoms with Crippen molar-refractivity contribution in [3.8, 4) is 5.69 Å². The van der Waals surface area contributed by atoms with Crippen LogP contribution in [0.1, 0.15) is 43.5 Å². The van der Waals surface area contributed by atoms with Crippen molar-refractivity contribution >= 4 is 17.7 Å². The Labute approximate surface area is 153 Å². The molecule has 1 aliphatic heterocycles. The van der Waals surface area contributed by atoms with E-state index in [9.17, 15) is 4.79 Å². The molecule has 2 aromatic rings. The second-order valence-electron chi connectivity index (χ2n) is 6.59.